The third-order valence-electron chi connectivity index (χ3n) is 3.38. The monoisotopic (exact) mass is 384 g/mol. The Balaban J connectivity index is 2.56. The lowest BCUT2D eigenvalue weighted by Gasteiger charge is -2.14. The zero-order valence-electron chi connectivity index (χ0n) is 12.6. The zero-order chi connectivity index (χ0) is 19.0. The lowest BCUT2D eigenvalue weighted by atomic mass is 10.0. The SMILES string of the molecule is CCc1nc(C(F)(F)F)c(Cc2ccc(Cl)c(C(F)(F)F)c2)c(=O)[nH]1. The van der Waals surface area contributed by atoms with Crippen LogP contribution in [0.1, 0.15) is 35.1 Å². The Hall–Kier alpha value is -2.03. The number of H-pyrrole nitrogens is 1. The summed E-state index contributed by atoms with van der Waals surface area (Å²) in [4.78, 5) is 17.6. The van der Waals surface area contributed by atoms with Crippen molar-refractivity contribution >= 4 is 11.6 Å². The van der Waals surface area contributed by atoms with E-state index in [9.17, 15) is 31.1 Å². The fraction of sp³-hybridized carbons (Fsp3) is 0.333. The maximum absolute atomic E-state index is 13.2. The number of alkyl halides is 6. The molecule has 0 saturated heterocycles. The summed E-state index contributed by atoms with van der Waals surface area (Å²) >= 11 is 5.48. The summed E-state index contributed by atoms with van der Waals surface area (Å²) in [7, 11) is 0. The molecule has 0 fully saturated rings. The highest BCUT2D eigenvalue weighted by Gasteiger charge is 2.38. The first kappa shape index (κ1) is 19.3. The van der Waals surface area contributed by atoms with E-state index in [0.29, 0.717) is 6.07 Å². The van der Waals surface area contributed by atoms with E-state index < -0.39 is 46.2 Å². The second-order valence-corrected chi connectivity index (χ2v) is 5.59. The molecule has 0 unspecified atom stereocenters. The average molecular weight is 385 g/mol. The van der Waals surface area contributed by atoms with Crippen molar-refractivity contribution in [2.45, 2.75) is 32.1 Å². The quantitative estimate of drug-likeness (QED) is 0.785. The summed E-state index contributed by atoms with van der Waals surface area (Å²) in [6.45, 7) is 1.51. The first-order valence-corrected chi connectivity index (χ1v) is 7.36. The Kier molecular flexibility index (Phi) is 5.17. The highest BCUT2D eigenvalue weighted by molar-refractivity contribution is 6.31. The van der Waals surface area contributed by atoms with Gasteiger partial charge in [-0.1, -0.05) is 24.6 Å². The van der Waals surface area contributed by atoms with Gasteiger partial charge in [0, 0.05) is 12.8 Å². The Labute approximate surface area is 142 Å². The molecule has 25 heavy (non-hydrogen) atoms. The second kappa shape index (κ2) is 6.70. The van der Waals surface area contributed by atoms with Crippen LogP contribution in [-0.2, 0) is 25.2 Å². The molecule has 0 aliphatic carbocycles. The van der Waals surface area contributed by atoms with Crippen molar-refractivity contribution in [1.29, 1.82) is 0 Å². The van der Waals surface area contributed by atoms with E-state index in [2.05, 4.69) is 9.97 Å². The van der Waals surface area contributed by atoms with Gasteiger partial charge in [-0.2, -0.15) is 26.3 Å². The Morgan fingerprint density at radius 2 is 1.76 bits per heavy atom. The van der Waals surface area contributed by atoms with Gasteiger partial charge in [0.1, 0.15) is 5.82 Å². The molecule has 10 heteroatoms. The van der Waals surface area contributed by atoms with Gasteiger partial charge in [-0.25, -0.2) is 4.98 Å². The van der Waals surface area contributed by atoms with Gasteiger partial charge < -0.3 is 4.98 Å². The van der Waals surface area contributed by atoms with Crippen molar-refractivity contribution in [3.63, 3.8) is 0 Å². The molecular weight excluding hydrogens is 374 g/mol. The van der Waals surface area contributed by atoms with Gasteiger partial charge in [-0.15, -0.1) is 0 Å². The van der Waals surface area contributed by atoms with Crippen LogP contribution in [0.4, 0.5) is 26.3 Å². The number of aryl methyl sites for hydroxylation is 1. The number of nitrogens with one attached hydrogen (secondary N) is 1. The molecule has 0 aliphatic rings. The standard InChI is InChI=1S/C15H11ClF6N2O/c1-2-11-23-12(15(20,21)22)8(13(25)24-11)5-7-3-4-10(16)9(6-7)14(17,18)19/h3-4,6H,2,5H2,1H3,(H,23,24,25). The molecule has 0 bridgehead atoms. The smallest absolute Gasteiger partial charge is 0.310 e. The van der Waals surface area contributed by atoms with E-state index in [1.165, 1.54) is 6.92 Å². The highest BCUT2D eigenvalue weighted by atomic mass is 35.5. The minimum atomic E-state index is -4.91. The van der Waals surface area contributed by atoms with Gasteiger partial charge in [0.15, 0.2) is 5.69 Å². The van der Waals surface area contributed by atoms with E-state index in [4.69, 9.17) is 11.6 Å². The molecule has 0 saturated carbocycles. The molecule has 0 aliphatic heterocycles. The third-order valence-corrected chi connectivity index (χ3v) is 3.71. The Morgan fingerprint density at radius 3 is 2.28 bits per heavy atom. The predicted octanol–water partition coefficient (Wildman–Crippen LogP) is 4.61. The van der Waals surface area contributed by atoms with Crippen LogP contribution in [-0.4, -0.2) is 9.97 Å². The first-order chi connectivity index (χ1) is 11.4. The number of aromatic amines is 1. The predicted molar refractivity (Wildman–Crippen MR) is 78.5 cm³/mol. The molecule has 1 aromatic heterocycles. The second-order valence-electron chi connectivity index (χ2n) is 5.18. The van der Waals surface area contributed by atoms with Crippen molar-refractivity contribution in [2.24, 2.45) is 0 Å². The number of rotatable bonds is 3. The molecular formula is C15H11ClF6N2O. The van der Waals surface area contributed by atoms with Crippen LogP contribution in [0.25, 0.3) is 0 Å². The number of hydrogen-bond donors (Lipinski definition) is 1. The maximum atomic E-state index is 13.2. The lowest BCUT2D eigenvalue weighted by Crippen LogP contribution is -2.25. The minimum absolute atomic E-state index is 0.0672. The van der Waals surface area contributed by atoms with Gasteiger partial charge in [0.05, 0.1) is 16.1 Å². The molecule has 0 atom stereocenters. The van der Waals surface area contributed by atoms with Crippen LogP contribution < -0.4 is 5.56 Å². The molecule has 0 amide bonds. The fourth-order valence-corrected chi connectivity index (χ4v) is 2.44. The van der Waals surface area contributed by atoms with Crippen molar-refractivity contribution in [3.8, 4) is 0 Å². The van der Waals surface area contributed by atoms with Crippen molar-refractivity contribution in [2.75, 3.05) is 0 Å². The van der Waals surface area contributed by atoms with Gasteiger partial charge in [-0.05, 0) is 17.7 Å². The van der Waals surface area contributed by atoms with Crippen LogP contribution >= 0.6 is 11.6 Å². The third kappa shape index (κ3) is 4.33. The first-order valence-electron chi connectivity index (χ1n) is 6.98. The molecule has 1 heterocycles. The lowest BCUT2D eigenvalue weighted by molar-refractivity contribution is -0.142. The molecule has 0 radical (unpaired) electrons. The summed E-state index contributed by atoms with van der Waals surface area (Å²) in [5.74, 6) is -0.159. The van der Waals surface area contributed by atoms with E-state index >= 15 is 0 Å². The largest absolute Gasteiger partial charge is 0.433 e. The van der Waals surface area contributed by atoms with Crippen LogP contribution in [0, 0.1) is 0 Å². The molecule has 2 rings (SSSR count). The van der Waals surface area contributed by atoms with E-state index in [1.807, 2.05) is 0 Å². The number of hydrogen-bond acceptors (Lipinski definition) is 2. The van der Waals surface area contributed by atoms with Crippen LogP contribution in [0.3, 0.4) is 0 Å². The normalized spacial score (nSPS) is 12.5. The molecule has 0 spiro atoms. The minimum Gasteiger partial charge on any atom is -0.310 e. The van der Waals surface area contributed by atoms with Gasteiger partial charge in [0.2, 0.25) is 0 Å². The van der Waals surface area contributed by atoms with Crippen molar-refractivity contribution in [3.05, 3.63) is 61.8 Å². The number of nitrogens with zero attached hydrogens (tertiary/aromatic N) is 1. The van der Waals surface area contributed by atoms with E-state index in [1.54, 1.807) is 0 Å². The number of benzene rings is 1. The van der Waals surface area contributed by atoms with Crippen LogP contribution in [0.5, 0.6) is 0 Å². The summed E-state index contributed by atoms with van der Waals surface area (Å²) in [5.41, 5.74) is -4.52. The number of halogens is 7. The molecule has 1 aromatic carbocycles. The average Bonchev–Trinajstić information content (AvgIpc) is 2.48. The van der Waals surface area contributed by atoms with E-state index in [-0.39, 0.29) is 17.8 Å². The molecule has 1 N–H and O–H groups in total. The Morgan fingerprint density at radius 1 is 1.12 bits per heavy atom. The maximum Gasteiger partial charge on any atom is 0.433 e. The Bertz CT molecular complexity index is 841. The highest BCUT2D eigenvalue weighted by Crippen LogP contribution is 2.36. The van der Waals surface area contributed by atoms with Gasteiger partial charge >= 0.3 is 12.4 Å². The topological polar surface area (TPSA) is 45.8 Å². The molecule has 136 valence electrons. The summed E-state index contributed by atoms with van der Waals surface area (Å²) in [5, 5.41) is -0.583. The van der Waals surface area contributed by atoms with Gasteiger partial charge in [0.25, 0.3) is 5.56 Å². The zero-order valence-corrected chi connectivity index (χ0v) is 13.4. The number of aromatic nitrogens is 2. The van der Waals surface area contributed by atoms with Gasteiger partial charge in [-0.3, -0.25) is 4.79 Å². The summed E-state index contributed by atoms with van der Waals surface area (Å²) < 4.78 is 78.1. The van der Waals surface area contributed by atoms with E-state index in [0.717, 1.165) is 12.1 Å². The fourth-order valence-electron chi connectivity index (χ4n) is 2.21. The molecule has 3 nitrogen and oxygen atoms in total. The molecule has 2 aromatic rings. The summed E-state index contributed by atoms with van der Waals surface area (Å²) in [6, 6.07) is 2.68. The summed E-state index contributed by atoms with van der Waals surface area (Å²) in [6.07, 6.45) is -10.3. The van der Waals surface area contributed by atoms with Crippen LogP contribution in [0.2, 0.25) is 5.02 Å². The van der Waals surface area contributed by atoms with Crippen molar-refractivity contribution in [1.82, 2.24) is 9.97 Å². The van der Waals surface area contributed by atoms with Crippen molar-refractivity contribution < 1.29 is 26.3 Å². The van der Waals surface area contributed by atoms with Crippen LogP contribution in [0.15, 0.2) is 23.0 Å².